The highest BCUT2D eigenvalue weighted by molar-refractivity contribution is 7.15. The number of nitrogens with one attached hydrogen (secondary N) is 1. The lowest BCUT2D eigenvalue weighted by Crippen LogP contribution is -2.51. The third-order valence-electron chi connectivity index (χ3n) is 6.48. The molecule has 2 aliphatic rings. The smallest absolute Gasteiger partial charge is 0.257 e. The first-order valence-electron chi connectivity index (χ1n) is 10.9. The minimum Gasteiger partial charge on any atom is -0.349 e. The van der Waals surface area contributed by atoms with E-state index in [1.165, 1.54) is 16.9 Å². The number of hydrogen-bond donors (Lipinski definition) is 1. The molecule has 0 fully saturated rings. The Bertz CT molecular complexity index is 1420. The lowest BCUT2D eigenvalue weighted by atomic mass is 9.96. The molecule has 0 bridgehead atoms. The Morgan fingerprint density at radius 2 is 1.94 bits per heavy atom. The van der Waals surface area contributed by atoms with Crippen LogP contribution >= 0.6 is 11.3 Å². The Hall–Kier alpha value is -3.72. The van der Waals surface area contributed by atoms with E-state index in [9.17, 15) is 9.59 Å². The second-order valence-corrected chi connectivity index (χ2v) is 9.57. The largest absolute Gasteiger partial charge is 0.349 e. The van der Waals surface area contributed by atoms with Crippen LogP contribution in [0, 0.1) is 6.92 Å². The number of para-hydroxylation sites is 2. The number of nitrogens with zero attached hydrogens (tertiary/aromatic N) is 5. The SMILES string of the molecule is Cc1nnc(NC(=O)Cn2c3c(c4ccccc42)CCN2C(=O)c4ccccc4N(C)C32)s1. The highest BCUT2D eigenvalue weighted by Crippen LogP contribution is 2.44. The lowest BCUT2D eigenvalue weighted by Gasteiger charge is -2.46. The van der Waals surface area contributed by atoms with E-state index < -0.39 is 0 Å². The predicted octanol–water partition coefficient (Wildman–Crippen LogP) is 3.59. The first-order valence-corrected chi connectivity index (χ1v) is 11.7. The van der Waals surface area contributed by atoms with Crippen LogP contribution in [-0.2, 0) is 17.8 Å². The molecule has 2 amide bonds. The third-order valence-corrected chi connectivity index (χ3v) is 7.23. The van der Waals surface area contributed by atoms with Gasteiger partial charge in [-0.2, -0.15) is 0 Å². The van der Waals surface area contributed by atoms with Gasteiger partial charge < -0.3 is 14.4 Å². The summed E-state index contributed by atoms with van der Waals surface area (Å²) < 4.78 is 2.06. The first-order chi connectivity index (χ1) is 16.0. The number of aryl methyl sites for hydroxylation is 1. The van der Waals surface area contributed by atoms with Crippen LogP contribution in [-0.4, -0.2) is 45.1 Å². The zero-order valence-electron chi connectivity index (χ0n) is 18.3. The summed E-state index contributed by atoms with van der Waals surface area (Å²) in [6.07, 6.45) is 0.471. The van der Waals surface area contributed by atoms with Gasteiger partial charge in [0.05, 0.1) is 16.9 Å². The van der Waals surface area contributed by atoms with Crippen LogP contribution in [0.3, 0.4) is 0 Å². The molecule has 0 saturated heterocycles. The minimum atomic E-state index is -0.278. The van der Waals surface area contributed by atoms with E-state index in [4.69, 9.17) is 0 Å². The molecule has 2 aromatic heterocycles. The molecule has 4 aromatic rings. The van der Waals surface area contributed by atoms with E-state index in [0.717, 1.165) is 33.7 Å². The summed E-state index contributed by atoms with van der Waals surface area (Å²) in [7, 11) is 2.02. The number of hydrogen-bond acceptors (Lipinski definition) is 6. The predicted molar refractivity (Wildman–Crippen MR) is 128 cm³/mol. The summed E-state index contributed by atoms with van der Waals surface area (Å²) in [4.78, 5) is 30.5. The van der Waals surface area contributed by atoms with Gasteiger partial charge in [0.25, 0.3) is 5.91 Å². The zero-order valence-corrected chi connectivity index (χ0v) is 19.1. The summed E-state index contributed by atoms with van der Waals surface area (Å²) in [6, 6.07) is 15.9. The Balaban J connectivity index is 1.47. The van der Waals surface area contributed by atoms with Gasteiger partial charge in [-0.1, -0.05) is 41.7 Å². The third kappa shape index (κ3) is 3.03. The molecular formula is C24H22N6O2S. The average Bonchev–Trinajstić information content (AvgIpc) is 3.38. The fraction of sp³-hybridized carbons (Fsp3) is 0.250. The maximum atomic E-state index is 13.4. The van der Waals surface area contributed by atoms with Crippen LogP contribution in [0.1, 0.15) is 32.8 Å². The molecule has 2 aliphatic heterocycles. The van der Waals surface area contributed by atoms with Crippen molar-refractivity contribution < 1.29 is 9.59 Å². The molecule has 2 aromatic carbocycles. The standard InChI is InChI=1S/C24H22N6O2S/c1-14-26-27-24(33-14)25-20(31)13-30-19-10-6-3-7-15(19)16-11-12-29-22(21(16)30)28(2)18-9-5-4-8-17(18)23(29)32/h3-10,22H,11-13H2,1-2H3,(H,25,27,31). The van der Waals surface area contributed by atoms with E-state index >= 15 is 0 Å². The lowest BCUT2D eigenvalue weighted by molar-refractivity contribution is -0.116. The molecule has 33 heavy (non-hydrogen) atoms. The van der Waals surface area contributed by atoms with Crippen LogP contribution in [0.5, 0.6) is 0 Å². The second-order valence-electron chi connectivity index (χ2n) is 8.39. The van der Waals surface area contributed by atoms with Gasteiger partial charge in [0.1, 0.15) is 17.7 Å². The number of fused-ring (bicyclic) bond motifs is 6. The maximum Gasteiger partial charge on any atom is 0.257 e. The monoisotopic (exact) mass is 458 g/mol. The van der Waals surface area contributed by atoms with Gasteiger partial charge in [-0.25, -0.2) is 0 Å². The minimum absolute atomic E-state index is 0.0324. The molecule has 0 aliphatic carbocycles. The zero-order chi connectivity index (χ0) is 22.7. The Labute approximate surface area is 194 Å². The van der Waals surface area contributed by atoms with Crippen LogP contribution in [0.15, 0.2) is 48.5 Å². The average molecular weight is 459 g/mol. The van der Waals surface area contributed by atoms with Crippen molar-refractivity contribution in [1.29, 1.82) is 0 Å². The van der Waals surface area contributed by atoms with E-state index in [1.807, 2.05) is 61.3 Å². The van der Waals surface area contributed by atoms with Crippen molar-refractivity contribution in [3.8, 4) is 0 Å². The highest BCUT2D eigenvalue weighted by atomic mass is 32.1. The molecule has 0 radical (unpaired) electrons. The summed E-state index contributed by atoms with van der Waals surface area (Å²) in [6.45, 7) is 2.62. The van der Waals surface area contributed by atoms with Crippen molar-refractivity contribution in [1.82, 2.24) is 19.7 Å². The first kappa shape index (κ1) is 19.9. The Morgan fingerprint density at radius 3 is 2.76 bits per heavy atom. The molecule has 0 saturated carbocycles. The Kier molecular flexibility index (Phi) is 4.48. The normalized spacial score (nSPS) is 17.0. The van der Waals surface area contributed by atoms with Gasteiger partial charge in [-0.3, -0.25) is 14.9 Å². The van der Waals surface area contributed by atoms with E-state index in [0.29, 0.717) is 17.2 Å². The fourth-order valence-corrected chi connectivity index (χ4v) is 5.74. The van der Waals surface area contributed by atoms with Gasteiger partial charge in [-0.15, -0.1) is 10.2 Å². The summed E-state index contributed by atoms with van der Waals surface area (Å²) in [5, 5.41) is 13.3. The van der Waals surface area contributed by atoms with Crippen LogP contribution in [0.4, 0.5) is 10.8 Å². The van der Waals surface area contributed by atoms with Crippen LogP contribution in [0.25, 0.3) is 10.9 Å². The van der Waals surface area contributed by atoms with Crippen molar-refractivity contribution in [2.24, 2.45) is 0 Å². The molecule has 1 N–H and O–H groups in total. The molecule has 9 heteroatoms. The number of aromatic nitrogens is 3. The Morgan fingerprint density at radius 1 is 1.15 bits per heavy atom. The van der Waals surface area contributed by atoms with E-state index in [1.54, 1.807) is 0 Å². The van der Waals surface area contributed by atoms with Gasteiger partial charge in [-0.05, 0) is 37.1 Å². The summed E-state index contributed by atoms with van der Waals surface area (Å²) in [5.41, 5.74) is 4.81. The summed E-state index contributed by atoms with van der Waals surface area (Å²) in [5.74, 6) is -0.137. The van der Waals surface area contributed by atoms with Crippen molar-refractivity contribution in [2.75, 3.05) is 23.8 Å². The molecule has 166 valence electrons. The van der Waals surface area contributed by atoms with Crippen LogP contribution < -0.4 is 10.2 Å². The van der Waals surface area contributed by atoms with E-state index in [-0.39, 0.29) is 24.5 Å². The van der Waals surface area contributed by atoms with Crippen molar-refractivity contribution in [2.45, 2.75) is 26.1 Å². The number of rotatable bonds is 3. The molecule has 0 spiro atoms. The fourth-order valence-electron chi connectivity index (χ4n) is 5.13. The van der Waals surface area contributed by atoms with E-state index in [2.05, 4.69) is 31.0 Å². The van der Waals surface area contributed by atoms with Crippen molar-refractivity contribution in [3.63, 3.8) is 0 Å². The molecule has 1 unspecified atom stereocenters. The van der Waals surface area contributed by atoms with Gasteiger partial charge >= 0.3 is 0 Å². The molecule has 6 rings (SSSR count). The molecular weight excluding hydrogens is 436 g/mol. The van der Waals surface area contributed by atoms with Crippen LogP contribution in [0.2, 0.25) is 0 Å². The molecule has 1 atom stereocenters. The van der Waals surface area contributed by atoms with Crippen molar-refractivity contribution in [3.05, 3.63) is 70.4 Å². The number of amides is 2. The van der Waals surface area contributed by atoms with Gasteiger partial charge in [0.15, 0.2) is 0 Å². The van der Waals surface area contributed by atoms with Gasteiger partial charge in [0, 0.05) is 24.5 Å². The topological polar surface area (TPSA) is 83.4 Å². The number of carbonyl (C=O) groups excluding carboxylic acids is 2. The van der Waals surface area contributed by atoms with Gasteiger partial charge in [0.2, 0.25) is 11.0 Å². The number of anilines is 2. The highest BCUT2D eigenvalue weighted by Gasteiger charge is 2.42. The molecule has 8 nitrogen and oxygen atoms in total. The van der Waals surface area contributed by atoms with Crippen molar-refractivity contribution >= 4 is 44.9 Å². The number of carbonyl (C=O) groups is 2. The maximum absolute atomic E-state index is 13.4. The quantitative estimate of drug-likeness (QED) is 0.507. The molecule has 4 heterocycles. The second kappa shape index (κ2) is 7.41. The number of benzene rings is 2. The summed E-state index contributed by atoms with van der Waals surface area (Å²) >= 11 is 1.35.